The van der Waals surface area contributed by atoms with Crippen LogP contribution in [-0.4, -0.2) is 40.6 Å². The molecule has 0 aliphatic rings. The van der Waals surface area contributed by atoms with Crippen LogP contribution in [0, 0.1) is 0 Å². The Morgan fingerprint density at radius 1 is 1.50 bits per heavy atom. The second-order valence-corrected chi connectivity index (χ2v) is 4.85. The highest BCUT2D eigenvalue weighted by Gasteiger charge is 2.04. The average molecular weight is 314 g/mol. The van der Waals surface area contributed by atoms with Gasteiger partial charge in [0.15, 0.2) is 11.1 Å². The number of hydrogen-bond acceptors (Lipinski definition) is 2. The number of guanidine groups is 1. The molecule has 0 aliphatic carbocycles. The summed E-state index contributed by atoms with van der Waals surface area (Å²) in [6.07, 6.45) is 2.40. The van der Waals surface area contributed by atoms with Crippen LogP contribution in [0.1, 0.15) is 19.5 Å². The molecule has 0 saturated heterocycles. The van der Waals surface area contributed by atoms with Crippen molar-refractivity contribution >= 4 is 34.9 Å². The Morgan fingerprint density at radius 3 is 2.80 bits per heavy atom. The molecular formula is C13H20ClN5S. The third-order valence-corrected chi connectivity index (χ3v) is 3.36. The van der Waals surface area contributed by atoms with Gasteiger partial charge in [-0.25, -0.2) is 0 Å². The monoisotopic (exact) mass is 313 g/mol. The number of rotatable bonds is 5. The van der Waals surface area contributed by atoms with Gasteiger partial charge in [0.2, 0.25) is 0 Å². The molecule has 0 aliphatic heterocycles. The highest BCUT2D eigenvalue weighted by molar-refractivity contribution is 7.80. The minimum absolute atomic E-state index is 0.376. The number of pyridine rings is 1. The number of aliphatic imine (C=N–C) groups is 1. The third kappa shape index (κ3) is 5.30. The van der Waals surface area contributed by atoms with Crippen LogP contribution >= 0.6 is 23.8 Å². The van der Waals surface area contributed by atoms with Crippen molar-refractivity contribution in [2.75, 3.05) is 19.6 Å². The number of nitrogens with zero attached hydrogens (tertiary/aromatic N) is 3. The molecule has 0 atom stereocenters. The van der Waals surface area contributed by atoms with Gasteiger partial charge >= 0.3 is 0 Å². The molecule has 5 nitrogen and oxygen atoms in total. The van der Waals surface area contributed by atoms with Crippen molar-refractivity contribution in [2.24, 2.45) is 10.7 Å². The first-order valence-corrected chi connectivity index (χ1v) is 7.33. The van der Waals surface area contributed by atoms with Gasteiger partial charge in [-0.2, -0.15) is 4.99 Å². The first-order valence-electron chi connectivity index (χ1n) is 6.54. The predicted molar refractivity (Wildman–Crippen MR) is 88.1 cm³/mol. The van der Waals surface area contributed by atoms with Crippen molar-refractivity contribution in [3.05, 3.63) is 29.0 Å². The van der Waals surface area contributed by atoms with Crippen LogP contribution in [0.5, 0.6) is 0 Å². The van der Waals surface area contributed by atoms with Crippen LogP contribution in [0.4, 0.5) is 0 Å². The number of nitrogens with two attached hydrogens (primary N) is 1. The van der Waals surface area contributed by atoms with E-state index in [-0.39, 0.29) is 0 Å². The minimum Gasteiger partial charge on any atom is -0.369 e. The van der Waals surface area contributed by atoms with Crippen molar-refractivity contribution in [1.29, 1.82) is 0 Å². The summed E-state index contributed by atoms with van der Waals surface area (Å²) < 4.78 is 0. The summed E-state index contributed by atoms with van der Waals surface area (Å²) in [5.74, 6) is 0.434. The van der Waals surface area contributed by atoms with Gasteiger partial charge in [-0.3, -0.25) is 4.98 Å². The zero-order chi connectivity index (χ0) is 15.0. The molecule has 0 bridgehead atoms. The molecule has 110 valence electrons. The summed E-state index contributed by atoms with van der Waals surface area (Å²) in [4.78, 5) is 10.3. The fourth-order valence-corrected chi connectivity index (χ4v) is 2.06. The number of aromatic nitrogens is 1. The van der Waals surface area contributed by atoms with Gasteiger partial charge in [0, 0.05) is 32.3 Å². The number of halogens is 1. The van der Waals surface area contributed by atoms with E-state index in [1.807, 2.05) is 24.8 Å². The second-order valence-electron chi connectivity index (χ2n) is 4.06. The van der Waals surface area contributed by atoms with Gasteiger partial charge in [0.25, 0.3) is 0 Å². The molecule has 20 heavy (non-hydrogen) atoms. The van der Waals surface area contributed by atoms with Gasteiger partial charge in [0.1, 0.15) is 0 Å². The molecule has 1 aromatic rings. The van der Waals surface area contributed by atoms with E-state index in [1.54, 1.807) is 12.3 Å². The van der Waals surface area contributed by atoms with E-state index in [9.17, 15) is 0 Å². The smallest absolute Gasteiger partial charge is 0.198 e. The lowest BCUT2D eigenvalue weighted by Crippen LogP contribution is -2.38. The first-order chi connectivity index (χ1) is 9.58. The summed E-state index contributed by atoms with van der Waals surface area (Å²) in [5.41, 5.74) is 6.70. The summed E-state index contributed by atoms with van der Waals surface area (Å²) in [6.45, 7) is 6.26. The van der Waals surface area contributed by atoms with E-state index < -0.39 is 0 Å². The zero-order valence-electron chi connectivity index (χ0n) is 11.8. The van der Waals surface area contributed by atoms with Crippen molar-refractivity contribution < 1.29 is 0 Å². The maximum atomic E-state index is 6.03. The molecule has 1 aromatic heterocycles. The zero-order valence-corrected chi connectivity index (χ0v) is 13.3. The van der Waals surface area contributed by atoms with Crippen molar-refractivity contribution in [3.8, 4) is 0 Å². The molecular weight excluding hydrogens is 294 g/mol. The molecule has 0 amide bonds. The molecule has 0 saturated carbocycles. The number of thiocarbonyl (C=S) groups is 1. The predicted octanol–water partition coefficient (Wildman–Crippen LogP) is 1.81. The van der Waals surface area contributed by atoms with Crippen LogP contribution in [0.2, 0.25) is 5.02 Å². The number of nitrogens with one attached hydrogen (secondary N) is 1. The topological polar surface area (TPSA) is 66.5 Å². The Hall–Kier alpha value is -1.40. The van der Waals surface area contributed by atoms with E-state index in [4.69, 9.17) is 29.6 Å². The summed E-state index contributed by atoms with van der Waals surface area (Å²) in [5, 5.41) is 4.07. The standard InChI is InChI=1S/C13H20ClN5S/c1-3-19(4-2)12(15)18-13(20)17-9-7-11-10(14)6-5-8-16-11/h5-6,8H,3-4,7,9H2,1-2H3,(H3,15,17,18,20). The Balaban J connectivity index is 2.44. The summed E-state index contributed by atoms with van der Waals surface area (Å²) in [6, 6.07) is 3.62. The van der Waals surface area contributed by atoms with Crippen LogP contribution in [0.25, 0.3) is 0 Å². The fraction of sp³-hybridized carbons (Fsp3) is 0.462. The highest BCUT2D eigenvalue weighted by atomic mass is 35.5. The Bertz CT molecular complexity index is 474. The van der Waals surface area contributed by atoms with E-state index in [0.29, 0.717) is 29.1 Å². The molecule has 0 fully saturated rings. The summed E-state index contributed by atoms with van der Waals surface area (Å²) >= 11 is 11.2. The lowest BCUT2D eigenvalue weighted by molar-refractivity contribution is 0.461. The van der Waals surface area contributed by atoms with Crippen LogP contribution in [0.15, 0.2) is 23.3 Å². The first kappa shape index (κ1) is 16.7. The fourth-order valence-electron chi connectivity index (χ4n) is 1.65. The van der Waals surface area contributed by atoms with E-state index in [1.165, 1.54) is 0 Å². The maximum absolute atomic E-state index is 6.03. The van der Waals surface area contributed by atoms with Gasteiger partial charge in [-0.1, -0.05) is 11.6 Å². The summed E-state index contributed by atoms with van der Waals surface area (Å²) in [7, 11) is 0. The second kappa shape index (κ2) is 8.71. The van der Waals surface area contributed by atoms with Crippen molar-refractivity contribution in [1.82, 2.24) is 15.2 Å². The Labute approximate surface area is 130 Å². The molecule has 0 unspecified atom stereocenters. The normalized spacial score (nSPS) is 11.2. The van der Waals surface area contributed by atoms with Crippen molar-refractivity contribution in [2.45, 2.75) is 20.3 Å². The lowest BCUT2D eigenvalue weighted by Gasteiger charge is -2.19. The van der Waals surface area contributed by atoms with Crippen molar-refractivity contribution in [3.63, 3.8) is 0 Å². The Kier molecular flexibility index (Phi) is 7.25. The van der Waals surface area contributed by atoms with Gasteiger partial charge in [0.05, 0.1) is 10.7 Å². The van der Waals surface area contributed by atoms with Crippen LogP contribution in [-0.2, 0) is 6.42 Å². The number of hydrogen-bond donors (Lipinski definition) is 2. The van der Waals surface area contributed by atoms with E-state index >= 15 is 0 Å². The molecule has 0 aromatic carbocycles. The van der Waals surface area contributed by atoms with E-state index in [0.717, 1.165) is 18.8 Å². The molecule has 0 spiro atoms. The highest BCUT2D eigenvalue weighted by Crippen LogP contribution is 2.11. The molecule has 1 heterocycles. The SMILES string of the molecule is CCN(CC)C(N)=NC(=S)NCCc1ncccc1Cl. The van der Waals surface area contributed by atoms with E-state index in [2.05, 4.69) is 15.3 Å². The Morgan fingerprint density at radius 2 is 2.20 bits per heavy atom. The molecule has 3 N–H and O–H groups in total. The largest absolute Gasteiger partial charge is 0.369 e. The molecule has 7 heteroatoms. The molecule has 0 radical (unpaired) electrons. The van der Waals surface area contributed by atoms with Gasteiger partial charge < -0.3 is 16.0 Å². The lowest BCUT2D eigenvalue weighted by atomic mass is 10.3. The maximum Gasteiger partial charge on any atom is 0.198 e. The van der Waals surface area contributed by atoms with Crippen LogP contribution in [0.3, 0.4) is 0 Å². The quantitative estimate of drug-likeness (QED) is 0.493. The minimum atomic E-state index is 0.376. The third-order valence-electron chi connectivity index (χ3n) is 2.78. The molecule has 1 rings (SSSR count). The van der Waals surface area contributed by atoms with Crippen LogP contribution < -0.4 is 11.1 Å². The van der Waals surface area contributed by atoms with Gasteiger partial charge in [-0.15, -0.1) is 0 Å². The average Bonchev–Trinajstić information content (AvgIpc) is 2.42. The van der Waals surface area contributed by atoms with Gasteiger partial charge in [-0.05, 0) is 38.2 Å².